The van der Waals surface area contributed by atoms with E-state index in [4.69, 9.17) is 0 Å². The SMILES string of the molecule is C/C=C/C.Cc1ccc(C2CCCNC2)cc1. The third kappa shape index (κ3) is 5.18. The van der Waals surface area contributed by atoms with Crippen LogP contribution in [0.25, 0.3) is 0 Å². The van der Waals surface area contributed by atoms with Crippen LogP contribution in [0.4, 0.5) is 0 Å². The van der Waals surface area contributed by atoms with Crippen LogP contribution in [0.2, 0.25) is 0 Å². The van der Waals surface area contributed by atoms with Crippen LogP contribution < -0.4 is 5.32 Å². The lowest BCUT2D eigenvalue weighted by molar-refractivity contribution is 0.461. The number of hydrogen-bond donors (Lipinski definition) is 1. The molecule has 1 N–H and O–H groups in total. The van der Waals surface area contributed by atoms with Gasteiger partial charge in [0.2, 0.25) is 0 Å². The van der Waals surface area contributed by atoms with E-state index in [1.807, 2.05) is 26.0 Å². The minimum atomic E-state index is 0.745. The minimum absolute atomic E-state index is 0.745. The van der Waals surface area contributed by atoms with E-state index in [2.05, 4.69) is 36.5 Å². The van der Waals surface area contributed by atoms with E-state index in [0.717, 1.165) is 12.5 Å². The summed E-state index contributed by atoms with van der Waals surface area (Å²) in [6, 6.07) is 8.97. The summed E-state index contributed by atoms with van der Waals surface area (Å²) in [5.41, 5.74) is 2.85. The van der Waals surface area contributed by atoms with Crippen molar-refractivity contribution in [3.05, 3.63) is 47.5 Å². The van der Waals surface area contributed by atoms with Gasteiger partial charge in [-0.1, -0.05) is 42.0 Å². The molecule has 1 saturated heterocycles. The van der Waals surface area contributed by atoms with Crippen LogP contribution in [0.1, 0.15) is 43.7 Å². The fourth-order valence-corrected chi connectivity index (χ4v) is 1.97. The molecule has 0 bridgehead atoms. The van der Waals surface area contributed by atoms with E-state index >= 15 is 0 Å². The minimum Gasteiger partial charge on any atom is -0.316 e. The van der Waals surface area contributed by atoms with Crippen LogP contribution in [0.15, 0.2) is 36.4 Å². The van der Waals surface area contributed by atoms with Crippen molar-refractivity contribution in [1.29, 1.82) is 0 Å². The second kappa shape index (κ2) is 8.08. The molecular weight excluding hydrogens is 206 g/mol. The lowest BCUT2D eigenvalue weighted by Gasteiger charge is -2.23. The molecule has 94 valence electrons. The summed E-state index contributed by atoms with van der Waals surface area (Å²) in [6.07, 6.45) is 6.66. The number of piperidine rings is 1. The van der Waals surface area contributed by atoms with Crippen molar-refractivity contribution in [2.45, 2.75) is 39.5 Å². The Kier molecular flexibility index (Phi) is 6.64. The average Bonchev–Trinajstić information content (AvgIpc) is 2.41. The summed E-state index contributed by atoms with van der Waals surface area (Å²) in [5, 5.41) is 3.45. The van der Waals surface area contributed by atoms with Crippen molar-refractivity contribution in [3.8, 4) is 0 Å². The summed E-state index contributed by atoms with van der Waals surface area (Å²) in [4.78, 5) is 0. The fraction of sp³-hybridized carbons (Fsp3) is 0.500. The smallest absolute Gasteiger partial charge is 0.00201 e. The average molecular weight is 231 g/mol. The molecule has 1 unspecified atom stereocenters. The van der Waals surface area contributed by atoms with E-state index in [-0.39, 0.29) is 0 Å². The summed E-state index contributed by atoms with van der Waals surface area (Å²) in [7, 11) is 0. The van der Waals surface area contributed by atoms with Gasteiger partial charge in [-0.05, 0) is 51.6 Å². The monoisotopic (exact) mass is 231 g/mol. The molecular formula is C16H25N. The normalized spacial score (nSPS) is 19.8. The summed E-state index contributed by atoms with van der Waals surface area (Å²) in [6.45, 7) is 8.49. The fourth-order valence-electron chi connectivity index (χ4n) is 1.97. The van der Waals surface area contributed by atoms with E-state index < -0.39 is 0 Å². The van der Waals surface area contributed by atoms with E-state index in [1.54, 1.807) is 0 Å². The predicted molar refractivity (Wildman–Crippen MR) is 76.5 cm³/mol. The first-order valence-corrected chi connectivity index (χ1v) is 6.62. The molecule has 0 amide bonds. The van der Waals surface area contributed by atoms with Gasteiger partial charge in [-0.3, -0.25) is 0 Å². The Morgan fingerprint density at radius 2 is 1.76 bits per heavy atom. The Morgan fingerprint density at radius 3 is 2.24 bits per heavy atom. The molecule has 1 aliphatic heterocycles. The highest BCUT2D eigenvalue weighted by Crippen LogP contribution is 2.22. The number of nitrogens with one attached hydrogen (secondary N) is 1. The van der Waals surface area contributed by atoms with E-state index in [9.17, 15) is 0 Å². The third-order valence-corrected chi connectivity index (χ3v) is 3.18. The zero-order valence-electron chi connectivity index (χ0n) is 11.4. The summed E-state index contributed by atoms with van der Waals surface area (Å²) in [5.74, 6) is 0.745. The van der Waals surface area contributed by atoms with Crippen LogP contribution >= 0.6 is 0 Å². The van der Waals surface area contributed by atoms with Gasteiger partial charge < -0.3 is 5.32 Å². The maximum atomic E-state index is 3.45. The van der Waals surface area contributed by atoms with Crippen molar-refractivity contribution in [2.24, 2.45) is 0 Å². The molecule has 0 spiro atoms. The summed E-state index contributed by atoms with van der Waals surface area (Å²) < 4.78 is 0. The number of rotatable bonds is 1. The van der Waals surface area contributed by atoms with Crippen LogP contribution in [0.5, 0.6) is 0 Å². The van der Waals surface area contributed by atoms with Crippen molar-refractivity contribution in [1.82, 2.24) is 5.32 Å². The molecule has 1 heterocycles. The molecule has 0 saturated carbocycles. The van der Waals surface area contributed by atoms with Crippen molar-refractivity contribution in [2.75, 3.05) is 13.1 Å². The van der Waals surface area contributed by atoms with Crippen LogP contribution in [0, 0.1) is 6.92 Å². The lowest BCUT2D eigenvalue weighted by Crippen LogP contribution is -2.28. The molecule has 1 aliphatic rings. The van der Waals surface area contributed by atoms with E-state index in [1.165, 1.54) is 30.5 Å². The van der Waals surface area contributed by atoms with Crippen LogP contribution in [-0.4, -0.2) is 13.1 Å². The van der Waals surface area contributed by atoms with Crippen molar-refractivity contribution < 1.29 is 0 Å². The topological polar surface area (TPSA) is 12.0 Å². The first-order valence-electron chi connectivity index (χ1n) is 6.62. The quantitative estimate of drug-likeness (QED) is 0.719. The Morgan fingerprint density at radius 1 is 1.12 bits per heavy atom. The lowest BCUT2D eigenvalue weighted by atomic mass is 9.91. The number of aryl methyl sites for hydroxylation is 1. The molecule has 1 aromatic rings. The van der Waals surface area contributed by atoms with Gasteiger partial charge in [0.15, 0.2) is 0 Å². The Hall–Kier alpha value is -1.08. The Balaban J connectivity index is 0.000000317. The zero-order valence-corrected chi connectivity index (χ0v) is 11.4. The highest BCUT2D eigenvalue weighted by atomic mass is 14.9. The van der Waals surface area contributed by atoms with Crippen molar-refractivity contribution in [3.63, 3.8) is 0 Å². The maximum absolute atomic E-state index is 3.45. The van der Waals surface area contributed by atoms with Gasteiger partial charge in [0, 0.05) is 6.54 Å². The Bertz CT molecular complexity index is 314. The van der Waals surface area contributed by atoms with Gasteiger partial charge in [0.25, 0.3) is 0 Å². The molecule has 1 heteroatoms. The molecule has 1 fully saturated rings. The largest absolute Gasteiger partial charge is 0.316 e. The van der Waals surface area contributed by atoms with Gasteiger partial charge in [-0.2, -0.15) is 0 Å². The molecule has 17 heavy (non-hydrogen) atoms. The van der Waals surface area contributed by atoms with E-state index in [0.29, 0.717) is 0 Å². The van der Waals surface area contributed by atoms with Crippen molar-refractivity contribution >= 4 is 0 Å². The molecule has 0 aliphatic carbocycles. The standard InChI is InChI=1S/C12H17N.C4H8/c1-10-4-6-11(7-5-10)12-3-2-8-13-9-12;1-3-4-2/h4-7,12-13H,2-3,8-9H2,1H3;3-4H,1-2H3/b;4-3+. The number of benzene rings is 1. The molecule has 1 atom stereocenters. The predicted octanol–water partition coefficient (Wildman–Crippen LogP) is 4.04. The molecule has 0 radical (unpaired) electrons. The van der Waals surface area contributed by atoms with Gasteiger partial charge in [-0.25, -0.2) is 0 Å². The first kappa shape index (κ1) is 14.0. The van der Waals surface area contributed by atoms with Gasteiger partial charge >= 0.3 is 0 Å². The number of allylic oxidation sites excluding steroid dienone is 2. The third-order valence-electron chi connectivity index (χ3n) is 3.18. The Labute approximate surface area is 106 Å². The molecule has 1 nitrogen and oxygen atoms in total. The summed E-state index contributed by atoms with van der Waals surface area (Å²) >= 11 is 0. The maximum Gasteiger partial charge on any atom is 0.00201 e. The van der Waals surface area contributed by atoms with Crippen LogP contribution in [0.3, 0.4) is 0 Å². The highest BCUT2D eigenvalue weighted by Gasteiger charge is 2.13. The van der Waals surface area contributed by atoms with Gasteiger partial charge in [-0.15, -0.1) is 0 Å². The zero-order chi connectivity index (χ0) is 12.5. The second-order valence-corrected chi connectivity index (χ2v) is 4.62. The first-order chi connectivity index (χ1) is 8.27. The highest BCUT2D eigenvalue weighted by molar-refractivity contribution is 5.25. The number of hydrogen-bond acceptors (Lipinski definition) is 1. The molecule has 1 aromatic carbocycles. The second-order valence-electron chi connectivity index (χ2n) is 4.62. The van der Waals surface area contributed by atoms with Gasteiger partial charge in [0.05, 0.1) is 0 Å². The molecule has 2 rings (SSSR count). The van der Waals surface area contributed by atoms with Gasteiger partial charge in [0.1, 0.15) is 0 Å². The molecule has 0 aromatic heterocycles. The van der Waals surface area contributed by atoms with Crippen LogP contribution in [-0.2, 0) is 0 Å².